The van der Waals surface area contributed by atoms with Crippen molar-refractivity contribution in [2.45, 2.75) is 27.3 Å². The quantitative estimate of drug-likeness (QED) is 0.782. The van der Waals surface area contributed by atoms with E-state index in [4.69, 9.17) is 4.98 Å². The van der Waals surface area contributed by atoms with Crippen LogP contribution in [0.25, 0.3) is 4.96 Å². The Hall–Kier alpha value is -1.11. The van der Waals surface area contributed by atoms with Crippen LogP contribution in [0, 0.1) is 5.92 Å². The van der Waals surface area contributed by atoms with Gasteiger partial charge in [0.15, 0.2) is 10.8 Å². The third-order valence-corrected chi connectivity index (χ3v) is 3.99. The Kier molecular flexibility index (Phi) is 5.39. The molecule has 2 aromatic rings. The van der Waals surface area contributed by atoms with Crippen LogP contribution in [0.4, 0.5) is 5.82 Å². The molecule has 0 amide bonds. The number of hydrogen-bond acceptors (Lipinski definition) is 5. The van der Waals surface area contributed by atoms with Gasteiger partial charge in [0.1, 0.15) is 0 Å². The molecule has 0 spiro atoms. The van der Waals surface area contributed by atoms with E-state index >= 15 is 0 Å². The van der Waals surface area contributed by atoms with Gasteiger partial charge < -0.3 is 15.3 Å². The van der Waals surface area contributed by atoms with Gasteiger partial charge in [0, 0.05) is 31.2 Å². The van der Waals surface area contributed by atoms with Gasteiger partial charge in [-0.1, -0.05) is 13.8 Å². The van der Waals surface area contributed by atoms with Gasteiger partial charge in [0.2, 0.25) is 0 Å². The average molecular weight is 296 g/mol. The monoisotopic (exact) mass is 296 g/mol. The summed E-state index contributed by atoms with van der Waals surface area (Å²) in [5.74, 6) is 1.62. The fourth-order valence-corrected chi connectivity index (χ4v) is 2.98. The van der Waals surface area contributed by atoms with Crippen LogP contribution < -0.4 is 10.2 Å². The molecule has 0 aromatic carbocycles. The lowest BCUT2D eigenvalue weighted by atomic mass is 10.2. The molecule has 0 radical (unpaired) electrons. The minimum atomic E-state index is 0.151. The van der Waals surface area contributed by atoms with Gasteiger partial charge in [-0.25, -0.2) is 4.98 Å². The lowest BCUT2D eigenvalue weighted by molar-refractivity contribution is 0.302. The summed E-state index contributed by atoms with van der Waals surface area (Å²) in [6.07, 6.45) is 2.07. The number of aliphatic hydroxyl groups excluding tert-OH is 1. The molecule has 112 valence electrons. The minimum absolute atomic E-state index is 0.151. The second-order valence-electron chi connectivity index (χ2n) is 5.27. The summed E-state index contributed by atoms with van der Waals surface area (Å²) in [6, 6.07) is 0. The topological polar surface area (TPSA) is 52.8 Å². The lowest BCUT2D eigenvalue weighted by Crippen LogP contribution is -2.29. The number of anilines is 1. The number of nitrogens with one attached hydrogen (secondary N) is 1. The second kappa shape index (κ2) is 7.06. The minimum Gasteiger partial charge on any atom is -0.395 e. The fourth-order valence-electron chi connectivity index (χ4n) is 2.25. The maximum absolute atomic E-state index is 9.21. The van der Waals surface area contributed by atoms with Gasteiger partial charge in [-0.15, -0.1) is 11.3 Å². The summed E-state index contributed by atoms with van der Waals surface area (Å²) in [6.45, 7) is 9.91. The molecule has 2 aromatic heterocycles. The lowest BCUT2D eigenvalue weighted by Gasteiger charge is -2.21. The van der Waals surface area contributed by atoms with E-state index in [1.165, 1.54) is 5.69 Å². The number of hydrogen-bond donors (Lipinski definition) is 2. The predicted molar refractivity (Wildman–Crippen MR) is 84.6 cm³/mol. The summed E-state index contributed by atoms with van der Waals surface area (Å²) in [5.41, 5.74) is 1.18. The Labute approximate surface area is 124 Å². The molecule has 0 unspecified atom stereocenters. The molecule has 0 aliphatic heterocycles. The molecule has 0 atom stereocenters. The molecular weight excluding hydrogens is 272 g/mol. The number of fused-ring (bicyclic) bond motifs is 1. The van der Waals surface area contributed by atoms with Gasteiger partial charge in [0.05, 0.1) is 12.3 Å². The van der Waals surface area contributed by atoms with E-state index < -0.39 is 0 Å². The highest BCUT2D eigenvalue weighted by Crippen LogP contribution is 2.24. The number of imidazole rings is 1. The molecule has 0 saturated heterocycles. The van der Waals surface area contributed by atoms with Crippen molar-refractivity contribution >= 4 is 22.1 Å². The summed E-state index contributed by atoms with van der Waals surface area (Å²) < 4.78 is 2.15. The highest BCUT2D eigenvalue weighted by Gasteiger charge is 2.17. The van der Waals surface area contributed by atoms with Crippen molar-refractivity contribution in [2.75, 3.05) is 31.1 Å². The van der Waals surface area contributed by atoms with Crippen molar-refractivity contribution in [3.05, 3.63) is 17.3 Å². The van der Waals surface area contributed by atoms with E-state index in [2.05, 4.69) is 47.0 Å². The first-order valence-corrected chi connectivity index (χ1v) is 8.06. The van der Waals surface area contributed by atoms with Crippen molar-refractivity contribution < 1.29 is 5.11 Å². The summed E-state index contributed by atoms with van der Waals surface area (Å²) in [5, 5.41) is 14.7. The standard InChI is InChI=1S/C14H24N4OS/c1-4-17(5-7-19)13-12(10-15-9-11(2)3)18-6-8-20-14(18)16-13/h6,8,11,15,19H,4-5,7,9-10H2,1-3H3. The van der Waals surface area contributed by atoms with Crippen LogP contribution in [-0.4, -0.2) is 40.7 Å². The van der Waals surface area contributed by atoms with Crippen molar-refractivity contribution in [2.24, 2.45) is 5.92 Å². The van der Waals surface area contributed by atoms with E-state index in [9.17, 15) is 5.11 Å². The zero-order chi connectivity index (χ0) is 14.5. The van der Waals surface area contributed by atoms with Crippen LogP contribution in [0.3, 0.4) is 0 Å². The van der Waals surface area contributed by atoms with Crippen molar-refractivity contribution in [3.8, 4) is 0 Å². The molecule has 0 aliphatic carbocycles. The molecular formula is C14H24N4OS. The molecule has 0 fully saturated rings. The van der Waals surface area contributed by atoms with Crippen LogP contribution in [0.15, 0.2) is 11.6 Å². The fraction of sp³-hybridized carbons (Fsp3) is 0.643. The molecule has 2 rings (SSSR count). The summed E-state index contributed by atoms with van der Waals surface area (Å²) in [7, 11) is 0. The number of rotatable bonds is 8. The van der Waals surface area contributed by atoms with E-state index in [1.54, 1.807) is 11.3 Å². The smallest absolute Gasteiger partial charge is 0.195 e. The van der Waals surface area contributed by atoms with Crippen LogP contribution in [-0.2, 0) is 6.54 Å². The molecule has 0 saturated carbocycles. The van der Waals surface area contributed by atoms with Crippen LogP contribution in [0.2, 0.25) is 0 Å². The molecule has 0 aliphatic rings. The highest BCUT2D eigenvalue weighted by molar-refractivity contribution is 7.15. The van der Waals surface area contributed by atoms with Crippen LogP contribution >= 0.6 is 11.3 Å². The number of nitrogens with zero attached hydrogens (tertiary/aromatic N) is 3. The van der Waals surface area contributed by atoms with Crippen LogP contribution in [0.1, 0.15) is 26.5 Å². The Morgan fingerprint density at radius 1 is 1.50 bits per heavy atom. The van der Waals surface area contributed by atoms with Crippen molar-refractivity contribution in [1.29, 1.82) is 0 Å². The van der Waals surface area contributed by atoms with Gasteiger partial charge in [-0.3, -0.25) is 4.40 Å². The first-order valence-electron chi connectivity index (χ1n) is 7.18. The van der Waals surface area contributed by atoms with Gasteiger partial charge in [0.25, 0.3) is 0 Å². The van der Waals surface area contributed by atoms with E-state index in [-0.39, 0.29) is 6.61 Å². The maximum Gasteiger partial charge on any atom is 0.195 e. The Bertz CT molecular complexity index is 534. The normalized spacial score (nSPS) is 11.7. The molecule has 6 heteroatoms. The number of thiazole rings is 1. The third-order valence-electron chi connectivity index (χ3n) is 3.24. The maximum atomic E-state index is 9.21. The van der Waals surface area contributed by atoms with Crippen molar-refractivity contribution in [1.82, 2.24) is 14.7 Å². The molecule has 2 heterocycles. The first kappa shape index (κ1) is 15.3. The van der Waals surface area contributed by atoms with E-state index in [1.807, 2.05) is 0 Å². The van der Waals surface area contributed by atoms with Crippen molar-refractivity contribution in [3.63, 3.8) is 0 Å². The van der Waals surface area contributed by atoms with Gasteiger partial charge in [-0.05, 0) is 19.4 Å². The summed E-state index contributed by atoms with van der Waals surface area (Å²) in [4.78, 5) is 7.86. The molecule has 0 bridgehead atoms. The van der Waals surface area contributed by atoms with Crippen LogP contribution in [0.5, 0.6) is 0 Å². The number of likely N-dealkylation sites (N-methyl/N-ethyl adjacent to an activating group) is 1. The number of aliphatic hydroxyl groups is 1. The highest BCUT2D eigenvalue weighted by atomic mass is 32.1. The Balaban J connectivity index is 2.25. The zero-order valence-corrected chi connectivity index (χ0v) is 13.3. The average Bonchev–Trinajstić information content (AvgIpc) is 2.98. The molecule has 5 nitrogen and oxygen atoms in total. The van der Waals surface area contributed by atoms with Gasteiger partial charge >= 0.3 is 0 Å². The third kappa shape index (κ3) is 3.31. The molecule has 20 heavy (non-hydrogen) atoms. The second-order valence-corrected chi connectivity index (χ2v) is 6.14. The molecule has 2 N–H and O–H groups in total. The predicted octanol–water partition coefficient (Wildman–Crippen LogP) is 1.96. The van der Waals surface area contributed by atoms with E-state index in [0.717, 1.165) is 30.4 Å². The largest absolute Gasteiger partial charge is 0.395 e. The summed E-state index contributed by atoms with van der Waals surface area (Å²) >= 11 is 1.64. The Morgan fingerprint density at radius 3 is 2.95 bits per heavy atom. The van der Waals surface area contributed by atoms with Gasteiger partial charge in [-0.2, -0.15) is 0 Å². The Morgan fingerprint density at radius 2 is 2.30 bits per heavy atom. The SMILES string of the molecule is CCN(CCO)c1nc2sccn2c1CNCC(C)C. The van der Waals surface area contributed by atoms with E-state index in [0.29, 0.717) is 12.5 Å². The number of aromatic nitrogens is 2. The zero-order valence-electron chi connectivity index (χ0n) is 12.5. The first-order chi connectivity index (χ1) is 9.67.